The lowest BCUT2D eigenvalue weighted by molar-refractivity contribution is -0.383. The lowest BCUT2D eigenvalue weighted by Gasteiger charge is -2.12. The maximum Gasteiger partial charge on any atom is 0.354 e. The highest BCUT2D eigenvalue weighted by Gasteiger charge is 2.23. The van der Waals surface area contributed by atoms with Gasteiger partial charge in [0, 0.05) is 6.54 Å². The number of amides is 1. The van der Waals surface area contributed by atoms with Crippen LogP contribution in [-0.2, 0) is 0 Å². The van der Waals surface area contributed by atoms with Crippen molar-refractivity contribution >= 4 is 23.2 Å². The third-order valence-electron chi connectivity index (χ3n) is 6.47. The second-order valence-corrected chi connectivity index (χ2v) is 9.48. The second kappa shape index (κ2) is 18.8. The van der Waals surface area contributed by atoms with Crippen LogP contribution < -0.4 is 20.9 Å². The van der Waals surface area contributed by atoms with Crippen LogP contribution in [0.3, 0.4) is 0 Å². The highest BCUT2D eigenvalue weighted by molar-refractivity contribution is 5.97. The molecule has 10 heteroatoms. The Bertz CT molecular complexity index is 972. The molecule has 0 radical (unpaired) electrons. The minimum absolute atomic E-state index is 0.100. The summed E-state index contributed by atoms with van der Waals surface area (Å²) in [5.74, 6) is -0.0998. The van der Waals surface area contributed by atoms with Crippen LogP contribution in [0.5, 0.6) is 5.75 Å². The quantitative estimate of drug-likeness (QED) is 0.0892. The number of nitro groups is 1. The van der Waals surface area contributed by atoms with Crippen LogP contribution in [0.15, 0.2) is 30.6 Å². The van der Waals surface area contributed by atoms with Gasteiger partial charge in [-0.2, -0.15) is 0 Å². The van der Waals surface area contributed by atoms with Gasteiger partial charge >= 0.3 is 5.69 Å². The number of hydrazine groups is 1. The molecule has 0 atom stereocenters. The maximum atomic E-state index is 12.5. The van der Waals surface area contributed by atoms with E-state index in [2.05, 4.69) is 33.1 Å². The van der Waals surface area contributed by atoms with Gasteiger partial charge in [-0.1, -0.05) is 103 Å². The summed E-state index contributed by atoms with van der Waals surface area (Å²) in [6.45, 7) is 2.83. The Hall–Kier alpha value is -3.43. The Morgan fingerprint density at radius 1 is 0.868 bits per heavy atom. The van der Waals surface area contributed by atoms with Crippen molar-refractivity contribution in [2.45, 2.75) is 96.8 Å². The molecule has 3 N–H and O–H groups in total. The summed E-state index contributed by atoms with van der Waals surface area (Å²) in [5.41, 5.74) is 4.96. The number of carbonyl (C=O) groups is 1. The molecule has 2 aromatic rings. The second-order valence-electron chi connectivity index (χ2n) is 9.48. The van der Waals surface area contributed by atoms with Crippen molar-refractivity contribution in [3.8, 4) is 5.75 Å². The molecule has 1 aromatic carbocycles. The number of benzene rings is 1. The molecular formula is C28H44N6O4. The van der Waals surface area contributed by atoms with E-state index in [9.17, 15) is 14.9 Å². The molecule has 0 saturated heterocycles. The normalized spacial score (nSPS) is 10.7. The number of ether oxygens (including phenoxy) is 1. The van der Waals surface area contributed by atoms with Crippen LogP contribution in [0.1, 0.15) is 107 Å². The van der Waals surface area contributed by atoms with E-state index in [-0.39, 0.29) is 22.9 Å². The molecule has 1 aromatic heterocycles. The SMILES string of the molecule is CCCCCCCCCCCCCCCCNc1ncnc(NNC(=O)c2ccccc2OC)c1[N+](=O)[O-]. The van der Waals surface area contributed by atoms with E-state index in [4.69, 9.17) is 4.74 Å². The monoisotopic (exact) mass is 528 g/mol. The van der Waals surface area contributed by atoms with E-state index in [0.29, 0.717) is 12.3 Å². The molecular weight excluding hydrogens is 484 g/mol. The van der Waals surface area contributed by atoms with Crippen molar-refractivity contribution in [1.82, 2.24) is 15.4 Å². The molecule has 0 aliphatic carbocycles. The highest BCUT2D eigenvalue weighted by atomic mass is 16.6. The maximum absolute atomic E-state index is 12.5. The number of methoxy groups -OCH3 is 1. The fourth-order valence-electron chi connectivity index (χ4n) is 4.31. The Morgan fingerprint density at radius 2 is 1.42 bits per heavy atom. The zero-order chi connectivity index (χ0) is 27.4. The van der Waals surface area contributed by atoms with E-state index in [0.717, 1.165) is 19.3 Å². The molecule has 0 aliphatic heterocycles. The first-order chi connectivity index (χ1) is 18.6. The van der Waals surface area contributed by atoms with Crippen molar-refractivity contribution in [3.63, 3.8) is 0 Å². The summed E-state index contributed by atoms with van der Waals surface area (Å²) >= 11 is 0. The number of anilines is 2. The van der Waals surface area contributed by atoms with Crippen LogP contribution in [0.2, 0.25) is 0 Å². The summed E-state index contributed by atoms with van der Waals surface area (Å²) in [6, 6.07) is 6.69. The van der Waals surface area contributed by atoms with Gasteiger partial charge in [-0.25, -0.2) is 9.97 Å². The zero-order valence-electron chi connectivity index (χ0n) is 23.0. The number of para-hydroxylation sites is 1. The van der Waals surface area contributed by atoms with Crippen molar-refractivity contribution in [2.75, 3.05) is 24.4 Å². The Balaban J connectivity index is 1.67. The summed E-state index contributed by atoms with van der Waals surface area (Å²) < 4.78 is 5.19. The molecule has 2 rings (SSSR count). The van der Waals surface area contributed by atoms with Crippen LogP contribution >= 0.6 is 0 Å². The molecule has 38 heavy (non-hydrogen) atoms. The first-order valence-electron chi connectivity index (χ1n) is 14.0. The number of nitrogens with one attached hydrogen (secondary N) is 3. The summed E-state index contributed by atoms with van der Waals surface area (Å²) in [7, 11) is 1.46. The third-order valence-corrected chi connectivity index (χ3v) is 6.47. The molecule has 0 saturated carbocycles. The van der Waals surface area contributed by atoms with E-state index in [1.165, 1.54) is 84.1 Å². The lowest BCUT2D eigenvalue weighted by atomic mass is 10.0. The molecule has 1 amide bonds. The fourth-order valence-corrected chi connectivity index (χ4v) is 4.31. The number of hydrogen-bond donors (Lipinski definition) is 3. The van der Waals surface area contributed by atoms with Crippen LogP contribution in [0, 0.1) is 10.1 Å². The summed E-state index contributed by atoms with van der Waals surface area (Å²) in [5, 5.41) is 14.8. The van der Waals surface area contributed by atoms with E-state index in [1.54, 1.807) is 24.3 Å². The van der Waals surface area contributed by atoms with Gasteiger partial charge in [0.1, 0.15) is 12.1 Å². The minimum atomic E-state index is -0.564. The van der Waals surface area contributed by atoms with Gasteiger partial charge in [0.05, 0.1) is 17.6 Å². The van der Waals surface area contributed by atoms with Crippen molar-refractivity contribution < 1.29 is 14.5 Å². The fraction of sp³-hybridized carbons (Fsp3) is 0.607. The van der Waals surface area contributed by atoms with E-state index >= 15 is 0 Å². The predicted molar refractivity (Wildman–Crippen MR) is 152 cm³/mol. The molecule has 0 aliphatic rings. The Morgan fingerprint density at radius 3 is 2.00 bits per heavy atom. The van der Waals surface area contributed by atoms with Gasteiger partial charge < -0.3 is 10.1 Å². The van der Waals surface area contributed by atoms with Gasteiger partial charge in [-0.3, -0.25) is 25.8 Å². The largest absolute Gasteiger partial charge is 0.496 e. The van der Waals surface area contributed by atoms with Crippen LogP contribution in [0.4, 0.5) is 17.3 Å². The average molecular weight is 529 g/mol. The number of carbonyl (C=O) groups excluding carboxylic acids is 1. The molecule has 1 heterocycles. The van der Waals surface area contributed by atoms with Gasteiger partial charge in [-0.05, 0) is 18.6 Å². The summed E-state index contributed by atoms with van der Waals surface area (Å²) in [4.78, 5) is 31.7. The van der Waals surface area contributed by atoms with Gasteiger partial charge in [0.2, 0.25) is 11.6 Å². The van der Waals surface area contributed by atoms with Crippen molar-refractivity contribution in [3.05, 3.63) is 46.3 Å². The van der Waals surface area contributed by atoms with Gasteiger partial charge in [0.15, 0.2) is 0 Å². The Labute approximate surface area is 226 Å². The minimum Gasteiger partial charge on any atom is -0.496 e. The number of nitrogens with zero attached hydrogens (tertiary/aromatic N) is 3. The average Bonchev–Trinajstić information content (AvgIpc) is 2.93. The third kappa shape index (κ3) is 11.3. The number of aromatic nitrogens is 2. The molecule has 210 valence electrons. The molecule has 10 nitrogen and oxygen atoms in total. The summed E-state index contributed by atoms with van der Waals surface area (Å²) in [6.07, 6.45) is 19.0. The zero-order valence-corrected chi connectivity index (χ0v) is 23.0. The first kappa shape index (κ1) is 30.8. The molecule has 0 unspecified atom stereocenters. The number of unbranched alkanes of at least 4 members (excludes halogenated alkanes) is 13. The van der Waals surface area contributed by atoms with Crippen molar-refractivity contribution in [2.24, 2.45) is 0 Å². The van der Waals surface area contributed by atoms with Crippen molar-refractivity contribution in [1.29, 1.82) is 0 Å². The van der Waals surface area contributed by atoms with Gasteiger partial charge in [0.25, 0.3) is 5.91 Å². The first-order valence-corrected chi connectivity index (χ1v) is 14.0. The predicted octanol–water partition coefficient (Wildman–Crippen LogP) is 7.04. The molecule has 0 bridgehead atoms. The molecule has 0 fully saturated rings. The van der Waals surface area contributed by atoms with Gasteiger partial charge in [-0.15, -0.1) is 0 Å². The standard InChI is InChI=1S/C28H44N6O4/c1-3-4-5-6-7-8-9-10-11-12-13-14-15-18-21-29-26-25(34(36)37)27(31-22-30-26)32-33-28(35)23-19-16-17-20-24(23)38-2/h16-17,19-20,22H,3-15,18,21H2,1-2H3,(H,33,35)(H2,29,30,31,32). The topological polar surface area (TPSA) is 131 Å². The van der Waals surface area contributed by atoms with Crippen LogP contribution in [0.25, 0.3) is 0 Å². The molecule has 0 spiro atoms. The van der Waals surface area contributed by atoms with Crippen LogP contribution in [-0.4, -0.2) is 34.5 Å². The highest BCUT2D eigenvalue weighted by Crippen LogP contribution is 2.28. The van der Waals surface area contributed by atoms with E-state index < -0.39 is 10.8 Å². The number of rotatable bonds is 21. The smallest absolute Gasteiger partial charge is 0.354 e. The Kier molecular flexibility index (Phi) is 15.2. The lowest BCUT2D eigenvalue weighted by Crippen LogP contribution is -2.30. The van der Waals surface area contributed by atoms with E-state index in [1.807, 2.05) is 0 Å². The number of hydrogen-bond acceptors (Lipinski definition) is 8.